The number of rotatable bonds is 4. The molecular formula is C14H16FN3S2. The van der Waals surface area contributed by atoms with Gasteiger partial charge in [-0.1, -0.05) is 12.1 Å². The molecule has 1 aliphatic rings. The number of hydrogen-bond acceptors (Lipinski definition) is 5. The van der Waals surface area contributed by atoms with Gasteiger partial charge in [-0.2, -0.15) is 5.26 Å². The molecule has 2 atom stereocenters. The van der Waals surface area contributed by atoms with Crippen molar-refractivity contribution in [3.63, 3.8) is 0 Å². The summed E-state index contributed by atoms with van der Waals surface area (Å²) in [5, 5.41) is 9.36. The van der Waals surface area contributed by atoms with E-state index in [1.807, 2.05) is 12.5 Å². The van der Waals surface area contributed by atoms with Crippen LogP contribution in [0.4, 0.5) is 4.39 Å². The minimum absolute atomic E-state index is 0.00930. The number of nitriles is 1. The van der Waals surface area contributed by atoms with Gasteiger partial charge < -0.3 is 0 Å². The minimum Gasteiger partial charge on any atom is -0.250 e. The predicted octanol–water partition coefficient (Wildman–Crippen LogP) is 3.19. The van der Waals surface area contributed by atoms with Crippen molar-refractivity contribution in [1.82, 2.24) is 10.9 Å². The standard InChI is InChI=1S/C14H16FN3S2/c1-19-14(20-2)11(8-16)13-7-12(17-18-13)9-3-5-10(15)6-4-9/h3-6,12-13,17-18H,7H2,1-2H3. The van der Waals surface area contributed by atoms with Crippen LogP contribution in [0, 0.1) is 17.1 Å². The Morgan fingerprint density at radius 2 is 1.90 bits per heavy atom. The van der Waals surface area contributed by atoms with Gasteiger partial charge in [-0.25, -0.2) is 15.2 Å². The van der Waals surface area contributed by atoms with Gasteiger partial charge in [0.1, 0.15) is 5.82 Å². The van der Waals surface area contributed by atoms with Crippen LogP contribution in [-0.2, 0) is 0 Å². The Hall–Kier alpha value is -1.00. The van der Waals surface area contributed by atoms with Gasteiger partial charge >= 0.3 is 0 Å². The molecule has 106 valence electrons. The number of nitrogens with one attached hydrogen (secondary N) is 2. The Morgan fingerprint density at radius 1 is 1.25 bits per heavy atom. The molecule has 1 aromatic carbocycles. The first-order chi connectivity index (χ1) is 9.69. The summed E-state index contributed by atoms with van der Waals surface area (Å²) in [5.74, 6) is -0.235. The van der Waals surface area contributed by atoms with Crippen LogP contribution >= 0.6 is 23.5 Å². The molecule has 0 aromatic heterocycles. The van der Waals surface area contributed by atoms with Crippen LogP contribution in [0.25, 0.3) is 0 Å². The molecule has 1 fully saturated rings. The Balaban J connectivity index is 2.14. The molecule has 1 saturated heterocycles. The minimum atomic E-state index is -0.235. The lowest BCUT2D eigenvalue weighted by molar-refractivity contribution is 0.566. The maximum Gasteiger partial charge on any atom is 0.123 e. The summed E-state index contributed by atoms with van der Waals surface area (Å²) in [7, 11) is 0. The van der Waals surface area contributed by atoms with Crippen molar-refractivity contribution in [1.29, 1.82) is 5.26 Å². The lowest BCUT2D eigenvalue weighted by Crippen LogP contribution is -2.32. The lowest BCUT2D eigenvalue weighted by atomic mass is 9.99. The highest BCUT2D eigenvalue weighted by Crippen LogP contribution is 2.33. The molecular weight excluding hydrogens is 293 g/mol. The summed E-state index contributed by atoms with van der Waals surface area (Å²) in [6.07, 6.45) is 4.73. The highest BCUT2D eigenvalue weighted by molar-refractivity contribution is 8.21. The van der Waals surface area contributed by atoms with Crippen LogP contribution in [0.15, 0.2) is 34.1 Å². The van der Waals surface area contributed by atoms with Crippen LogP contribution in [0.2, 0.25) is 0 Å². The first kappa shape index (κ1) is 15.4. The zero-order valence-electron chi connectivity index (χ0n) is 11.3. The van der Waals surface area contributed by atoms with Gasteiger partial charge in [-0.05, 0) is 36.6 Å². The SMILES string of the molecule is CSC(SC)=C(C#N)C1CC(c2ccc(F)cc2)NN1. The second-order valence-electron chi connectivity index (χ2n) is 4.40. The van der Waals surface area contributed by atoms with Crippen LogP contribution in [0.5, 0.6) is 0 Å². The molecule has 1 aromatic rings. The highest BCUT2D eigenvalue weighted by Gasteiger charge is 2.29. The van der Waals surface area contributed by atoms with Gasteiger partial charge in [0, 0.05) is 6.04 Å². The maximum absolute atomic E-state index is 12.9. The van der Waals surface area contributed by atoms with Crippen LogP contribution in [0.3, 0.4) is 0 Å². The summed E-state index contributed by atoms with van der Waals surface area (Å²) in [5.41, 5.74) is 8.14. The van der Waals surface area contributed by atoms with Gasteiger partial charge in [-0.15, -0.1) is 23.5 Å². The lowest BCUT2D eigenvalue weighted by Gasteiger charge is -2.11. The van der Waals surface area contributed by atoms with E-state index in [0.29, 0.717) is 0 Å². The fourth-order valence-corrected chi connectivity index (χ4v) is 3.71. The topological polar surface area (TPSA) is 47.9 Å². The summed E-state index contributed by atoms with van der Waals surface area (Å²) in [6, 6.07) is 8.85. The zero-order valence-corrected chi connectivity index (χ0v) is 12.9. The number of hydrogen-bond donors (Lipinski definition) is 2. The van der Waals surface area contributed by atoms with Crippen LogP contribution in [-0.4, -0.2) is 18.6 Å². The van der Waals surface area contributed by atoms with E-state index in [4.69, 9.17) is 0 Å². The van der Waals surface area contributed by atoms with Crippen molar-refractivity contribution in [3.05, 3.63) is 45.5 Å². The Bertz CT molecular complexity index is 530. The molecule has 2 rings (SSSR count). The van der Waals surface area contributed by atoms with Gasteiger partial charge in [-0.3, -0.25) is 0 Å². The van der Waals surface area contributed by atoms with E-state index in [9.17, 15) is 9.65 Å². The van der Waals surface area contributed by atoms with Crippen LogP contribution < -0.4 is 10.9 Å². The third-order valence-electron chi connectivity index (χ3n) is 3.24. The quantitative estimate of drug-likeness (QED) is 0.837. The second-order valence-corrected chi connectivity index (χ2v) is 6.29. The smallest absolute Gasteiger partial charge is 0.123 e. The molecule has 0 aliphatic carbocycles. The Morgan fingerprint density at radius 3 is 2.45 bits per heavy atom. The molecule has 0 saturated carbocycles. The molecule has 0 bridgehead atoms. The van der Waals surface area contributed by atoms with Crippen molar-refractivity contribution < 1.29 is 4.39 Å². The molecule has 6 heteroatoms. The van der Waals surface area contributed by atoms with Crippen molar-refractivity contribution in [3.8, 4) is 6.07 Å². The largest absolute Gasteiger partial charge is 0.250 e. The molecule has 1 aliphatic heterocycles. The van der Waals surface area contributed by atoms with Gasteiger partial charge in [0.2, 0.25) is 0 Å². The summed E-state index contributed by atoms with van der Waals surface area (Å²) >= 11 is 3.18. The molecule has 2 unspecified atom stereocenters. The average molecular weight is 309 g/mol. The molecule has 3 nitrogen and oxygen atoms in total. The molecule has 0 radical (unpaired) electrons. The first-order valence-electron chi connectivity index (χ1n) is 6.18. The fraction of sp³-hybridized carbons (Fsp3) is 0.357. The maximum atomic E-state index is 12.9. The summed E-state index contributed by atoms with van der Waals surface area (Å²) in [4.78, 5) is 0. The monoisotopic (exact) mass is 309 g/mol. The van der Waals surface area contributed by atoms with Crippen molar-refractivity contribution in [2.75, 3.05) is 12.5 Å². The molecule has 1 heterocycles. The Labute approximate surface area is 127 Å². The first-order valence-corrected chi connectivity index (χ1v) is 8.63. The number of benzene rings is 1. The van der Waals surface area contributed by atoms with Gasteiger partial charge in [0.25, 0.3) is 0 Å². The van der Waals surface area contributed by atoms with E-state index < -0.39 is 0 Å². The number of halogens is 1. The summed E-state index contributed by atoms with van der Waals surface area (Å²) in [6.45, 7) is 0. The average Bonchev–Trinajstić information content (AvgIpc) is 2.94. The van der Waals surface area contributed by atoms with E-state index in [2.05, 4.69) is 16.9 Å². The highest BCUT2D eigenvalue weighted by atomic mass is 32.2. The normalized spacial score (nSPS) is 21.5. The number of hydrazine groups is 1. The van der Waals surface area contributed by atoms with Gasteiger partial charge in [0.15, 0.2) is 0 Å². The second kappa shape index (κ2) is 7.14. The molecule has 20 heavy (non-hydrogen) atoms. The third-order valence-corrected chi connectivity index (χ3v) is 5.42. The molecule has 0 spiro atoms. The number of nitrogens with zero attached hydrogens (tertiary/aromatic N) is 1. The third kappa shape index (κ3) is 3.36. The number of thioether (sulfide) groups is 2. The van der Waals surface area contributed by atoms with Crippen molar-refractivity contribution in [2.24, 2.45) is 0 Å². The van der Waals surface area contributed by atoms with Crippen molar-refractivity contribution >= 4 is 23.5 Å². The fourth-order valence-electron chi connectivity index (χ4n) is 2.23. The van der Waals surface area contributed by atoms with Crippen LogP contribution in [0.1, 0.15) is 18.0 Å². The predicted molar refractivity (Wildman–Crippen MR) is 83.5 cm³/mol. The summed E-state index contributed by atoms with van der Waals surface area (Å²) < 4.78 is 14.0. The van der Waals surface area contributed by atoms with E-state index in [1.54, 1.807) is 35.7 Å². The molecule has 2 N–H and O–H groups in total. The van der Waals surface area contributed by atoms with E-state index in [1.165, 1.54) is 12.1 Å². The van der Waals surface area contributed by atoms with E-state index in [-0.39, 0.29) is 17.9 Å². The van der Waals surface area contributed by atoms with E-state index >= 15 is 0 Å². The van der Waals surface area contributed by atoms with E-state index in [0.717, 1.165) is 21.8 Å². The van der Waals surface area contributed by atoms with Crippen molar-refractivity contribution in [2.45, 2.75) is 18.5 Å². The van der Waals surface area contributed by atoms with Gasteiger partial charge in [0.05, 0.1) is 21.9 Å². The Kier molecular flexibility index (Phi) is 5.49. The zero-order chi connectivity index (χ0) is 14.5. The molecule has 0 amide bonds.